The smallest absolute Gasteiger partial charge is 0.408 e. The lowest BCUT2D eigenvalue weighted by Gasteiger charge is -2.19. The van der Waals surface area contributed by atoms with E-state index in [4.69, 9.17) is 10.5 Å². The van der Waals surface area contributed by atoms with Gasteiger partial charge in [0.15, 0.2) is 6.61 Å². The van der Waals surface area contributed by atoms with E-state index >= 15 is 0 Å². The Morgan fingerprint density at radius 1 is 1.45 bits per heavy atom. The zero-order chi connectivity index (χ0) is 15.3. The minimum Gasteiger partial charge on any atom is -0.439 e. The highest BCUT2D eigenvalue weighted by Gasteiger charge is 2.16. The quantitative estimate of drug-likeness (QED) is 0.761. The lowest BCUT2D eigenvalue weighted by atomic mass is 10.1. The number of ether oxygens (including phenoxy) is 1. The topological polar surface area (TPSA) is 111 Å². The van der Waals surface area contributed by atoms with E-state index in [2.05, 4.69) is 15.7 Å². The van der Waals surface area contributed by atoms with Crippen LogP contribution in [0.5, 0.6) is 0 Å². The van der Waals surface area contributed by atoms with E-state index in [-0.39, 0.29) is 0 Å². The van der Waals surface area contributed by atoms with Crippen LogP contribution in [0.2, 0.25) is 0 Å². The molecular formula is C12H21N5O3. The highest BCUT2D eigenvalue weighted by Crippen LogP contribution is 2.16. The second-order valence-electron chi connectivity index (χ2n) is 5.26. The summed E-state index contributed by atoms with van der Waals surface area (Å²) in [7, 11) is 0. The van der Waals surface area contributed by atoms with Gasteiger partial charge in [-0.15, -0.1) is 0 Å². The number of aromatic nitrogens is 2. The summed E-state index contributed by atoms with van der Waals surface area (Å²) >= 11 is 0. The molecule has 0 fully saturated rings. The number of nitrogens with one attached hydrogen (secondary N) is 2. The Balaban J connectivity index is 2.44. The van der Waals surface area contributed by atoms with Crippen LogP contribution in [0.1, 0.15) is 27.7 Å². The van der Waals surface area contributed by atoms with E-state index in [0.29, 0.717) is 18.1 Å². The maximum Gasteiger partial charge on any atom is 0.408 e. The number of nitrogens with two attached hydrogens (primary N) is 1. The van der Waals surface area contributed by atoms with Gasteiger partial charge >= 0.3 is 6.09 Å². The van der Waals surface area contributed by atoms with E-state index < -0.39 is 24.1 Å². The predicted molar refractivity (Wildman–Crippen MR) is 75.2 cm³/mol. The van der Waals surface area contributed by atoms with E-state index in [1.54, 1.807) is 4.68 Å². The third-order valence-electron chi connectivity index (χ3n) is 2.27. The molecule has 0 aliphatic heterocycles. The average molecular weight is 283 g/mol. The maximum absolute atomic E-state index is 11.6. The Bertz CT molecular complexity index is 490. The Morgan fingerprint density at radius 3 is 2.60 bits per heavy atom. The fourth-order valence-corrected chi connectivity index (χ4v) is 1.40. The van der Waals surface area contributed by atoms with Gasteiger partial charge in [0, 0.05) is 12.1 Å². The first kappa shape index (κ1) is 15.8. The Labute approximate surface area is 117 Å². The van der Waals surface area contributed by atoms with E-state index in [1.165, 1.54) is 6.20 Å². The summed E-state index contributed by atoms with van der Waals surface area (Å²) in [5.41, 5.74) is 5.75. The van der Waals surface area contributed by atoms with Crippen molar-refractivity contribution in [3.8, 4) is 0 Å². The minimum absolute atomic E-state index is 0.361. The molecule has 0 spiro atoms. The number of nitrogen functional groups attached to an aromatic ring is 1. The van der Waals surface area contributed by atoms with Crippen molar-refractivity contribution >= 4 is 23.5 Å². The van der Waals surface area contributed by atoms with Crippen LogP contribution in [0, 0.1) is 0 Å². The molecule has 0 saturated carbocycles. The summed E-state index contributed by atoms with van der Waals surface area (Å²) in [6, 6.07) is 0. The second kappa shape index (κ2) is 6.27. The van der Waals surface area contributed by atoms with Crippen LogP contribution >= 0.6 is 0 Å². The zero-order valence-electron chi connectivity index (χ0n) is 12.2. The number of amides is 2. The minimum atomic E-state index is -0.648. The highest BCUT2D eigenvalue weighted by atomic mass is 16.6. The monoisotopic (exact) mass is 283 g/mol. The van der Waals surface area contributed by atoms with Crippen LogP contribution < -0.4 is 16.4 Å². The molecule has 1 aromatic heterocycles. The molecule has 0 bridgehead atoms. The normalized spacial score (nSPS) is 11.0. The summed E-state index contributed by atoms with van der Waals surface area (Å²) in [6.07, 6.45) is 0.802. The second-order valence-corrected chi connectivity index (χ2v) is 5.26. The summed E-state index contributed by atoms with van der Waals surface area (Å²) in [5, 5.41) is 9.10. The van der Waals surface area contributed by atoms with Crippen molar-refractivity contribution < 1.29 is 14.3 Å². The number of hydrogen-bond donors (Lipinski definition) is 3. The molecule has 112 valence electrons. The lowest BCUT2D eigenvalue weighted by molar-refractivity contribution is -0.119. The van der Waals surface area contributed by atoms with E-state index in [1.807, 2.05) is 27.7 Å². The molecular weight excluding hydrogens is 262 g/mol. The fourth-order valence-electron chi connectivity index (χ4n) is 1.40. The predicted octanol–water partition coefficient (Wildman–Crippen LogP) is 0.948. The lowest BCUT2D eigenvalue weighted by Crippen LogP contribution is -2.41. The van der Waals surface area contributed by atoms with Crippen molar-refractivity contribution in [2.24, 2.45) is 0 Å². The molecule has 1 aromatic rings. The van der Waals surface area contributed by atoms with Crippen LogP contribution in [0.15, 0.2) is 6.20 Å². The van der Waals surface area contributed by atoms with Gasteiger partial charge in [-0.2, -0.15) is 5.10 Å². The molecule has 0 aliphatic carbocycles. The molecule has 8 nitrogen and oxygen atoms in total. The summed E-state index contributed by atoms with van der Waals surface area (Å²) < 4.78 is 6.34. The SMILES string of the molecule is CCn1ncc(NC(=O)COC(=O)NC(C)(C)C)c1N. The van der Waals surface area contributed by atoms with Gasteiger partial charge in [0.25, 0.3) is 5.91 Å². The van der Waals surface area contributed by atoms with Crippen molar-refractivity contribution in [1.82, 2.24) is 15.1 Å². The number of nitrogens with zero attached hydrogens (tertiary/aromatic N) is 2. The number of carbonyl (C=O) groups is 2. The summed E-state index contributed by atoms with van der Waals surface area (Å²) in [6.45, 7) is 7.54. The largest absolute Gasteiger partial charge is 0.439 e. The van der Waals surface area contributed by atoms with Crippen LogP contribution in [-0.4, -0.2) is 33.9 Å². The van der Waals surface area contributed by atoms with E-state index in [9.17, 15) is 9.59 Å². The van der Waals surface area contributed by atoms with Crippen LogP contribution in [0.25, 0.3) is 0 Å². The molecule has 8 heteroatoms. The van der Waals surface area contributed by atoms with Crippen molar-refractivity contribution in [2.45, 2.75) is 39.8 Å². The van der Waals surface area contributed by atoms with Gasteiger partial charge in [-0.3, -0.25) is 4.79 Å². The molecule has 0 aliphatic rings. The molecule has 0 saturated heterocycles. The van der Waals surface area contributed by atoms with Crippen LogP contribution in [-0.2, 0) is 16.1 Å². The first-order chi connectivity index (χ1) is 9.23. The van der Waals surface area contributed by atoms with Crippen molar-refractivity contribution in [1.29, 1.82) is 0 Å². The third kappa shape index (κ3) is 4.79. The van der Waals surface area contributed by atoms with Gasteiger partial charge < -0.3 is 21.1 Å². The van der Waals surface area contributed by atoms with Gasteiger partial charge in [-0.1, -0.05) is 0 Å². The van der Waals surface area contributed by atoms with Crippen LogP contribution in [0.3, 0.4) is 0 Å². The molecule has 20 heavy (non-hydrogen) atoms. The number of carbonyl (C=O) groups excluding carboxylic acids is 2. The highest BCUT2D eigenvalue weighted by molar-refractivity contribution is 5.94. The van der Waals surface area contributed by atoms with Crippen molar-refractivity contribution in [2.75, 3.05) is 17.7 Å². The van der Waals surface area contributed by atoms with Crippen molar-refractivity contribution in [3.63, 3.8) is 0 Å². The van der Waals surface area contributed by atoms with Crippen LogP contribution in [0.4, 0.5) is 16.3 Å². The molecule has 0 unspecified atom stereocenters. The zero-order valence-corrected chi connectivity index (χ0v) is 12.2. The summed E-state index contributed by atoms with van der Waals surface area (Å²) in [5.74, 6) is -0.114. The maximum atomic E-state index is 11.6. The number of hydrogen-bond acceptors (Lipinski definition) is 5. The van der Waals surface area contributed by atoms with E-state index in [0.717, 1.165) is 0 Å². The Hall–Kier alpha value is -2.25. The van der Waals surface area contributed by atoms with Gasteiger partial charge in [0.05, 0.1) is 6.20 Å². The molecule has 0 atom stereocenters. The van der Waals surface area contributed by atoms with Crippen molar-refractivity contribution in [3.05, 3.63) is 6.20 Å². The Kier molecular flexibility index (Phi) is 4.95. The molecule has 0 radical (unpaired) electrons. The molecule has 2 amide bonds. The average Bonchev–Trinajstić information content (AvgIpc) is 2.66. The van der Waals surface area contributed by atoms with Gasteiger partial charge in [0.1, 0.15) is 11.5 Å². The van der Waals surface area contributed by atoms with Gasteiger partial charge in [0.2, 0.25) is 0 Å². The Morgan fingerprint density at radius 2 is 2.10 bits per heavy atom. The third-order valence-corrected chi connectivity index (χ3v) is 2.27. The molecule has 1 heterocycles. The molecule has 4 N–H and O–H groups in total. The molecule has 0 aromatic carbocycles. The number of aryl methyl sites for hydroxylation is 1. The summed E-state index contributed by atoms with van der Waals surface area (Å²) in [4.78, 5) is 23.0. The number of anilines is 2. The number of alkyl carbamates (subject to hydrolysis) is 1. The first-order valence-corrected chi connectivity index (χ1v) is 6.29. The van der Waals surface area contributed by atoms with Gasteiger partial charge in [-0.05, 0) is 27.7 Å². The number of rotatable bonds is 4. The molecule has 1 rings (SSSR count). The first-order valence-electron chi connectivity index (χ1n) is 6.29. The van der Waals surface area contributed by atoms with Gasteiger partial charge in [-0.25, -0.2) is 9.48 Å². The fraction of sp³-hybridized carbons (Fsp3) is 0.583. The standard InChI is InChI=1S/C12H21N5O3/c1-5-17-10(13)8(6-14-17)15-9(18)7-20-11(19)16-12(2,3)4/h6H,5,7,13H2,1-4H3,(H,15,18)(H,16,19).